The van der Waals surface area contributed by atoms with E-state index >= 15 is 0 Å². The minimum atomic E-state index is -3.54. The Morgan fingerprint density at radius 3 is 2.52 bits per heavy atom. The topological polar surface area (TPSA) is 81.5 Å². The zero-order chi connectivity index (χ0) is 23.6. The van der Waals surface area contributed by atoms with Crippen LogP contribution in [-0.4, -0.2) is 53.0 Å². The fourth-order valence-electron chi connectivity index (χ4n) is 3.90. The quantitative estimate of drug-likeness (QED) is 0.297. The molecule has 10 heteroatoms. The van der Waals surface area contributed by atoms with Gasteiger partial charge < -0.3 is 14.1 Å². The third-order valence-electron chi connectivity index (χ3n) is 5.45. The summed E-state index contributed by atoms with van der Waals surface area (Å²) in [5, 5.41) is 1.29. The molecule has 176 valence electrons. The van der Waals surface area contributed by atoms with Gasteiger partial charge in [0.1, 0.15) is 22.3 Å². The first-order valence-corrected chi connectivity index (χ1v) is 13.9. The molecular weight excluding hydrogens is 526 g/mol. The van der Waals surface area contributed by atoms with Gasteiger partial charge in [-0.3, -0.25) is 0 Å². The Labute approximate surface area is 206 Å². The number of carbonyl (C=O) groups excluding carboxylic acids is 1. The summed E-state index contributed by atoms with van der Waals surface area (Å²) in [6.45, 7) is 5.06. The third kappa shape index (κ3) is 5.45. The highest BCUT2D eigenvalue weighted by Gasteiger charge is 2.30. The summed E-state index contributed by atoms with van der Waals surface area (Å²) in [4.78, 5) is 17.0. The fraction of sp³-hybridized carbons (Fsp3) is 0.391. The van der Waals surface area contributed by atoms with Crippen molar-refractivity contribution >= 4 is 55.0 Å². The molecule has 1 aliphatic heterocycles. The van der Waals surface area contributed by atoms with Crippen LogP contribution in [0.2, 0.25) is 0 Å². The van der Waals surface area contributed by atoms with E-state index in [0.717, 1.165) is 39.7 Å². The minimum Gasteiger partial charge on any atom is -0.491 e. The number of halogens is 1. The van der Waals surface area contributed by atoms with Gasteiger partial charge in [0.2, 0.25) is 10.0 Å². The van der Waals surface area contributed by atoms with Crippen molar-refractivity contribution in [2.45, 2.75) is 54.4 Å². The Bertz CT molecular complexity index is 1230. The van der Waals surface area contributed by atoms with Crippen molar-refractivity contribution in [2.24, 2.45) is 0 Å². The number of nitrogens with zero attached hydrogens (tertiary/aromatic N) is 3. The van der Waals surface area contributed by atoms with Crippen LogP contribution >= 0.6 is 27.7 Å². The molecule has 7 nitrogen and oxygen atoms in total. The number of aldehydes is 1. The molecule has 1 aromatic carbocycles. The molecule has 0 N–H and O–H groups in total. The maximum Gasteiger partial charge on any atom is 0.243 e. The van der Waals surface area contributed by atoms with Crippen molar-refractivity contribution in [2.75, 3.05) is 13.1 Å². The molecule has 3 heterocycles. The lowest BCUT2D eigenvalue weighted by Gasteiger charge is -2.30. The van der Waals surface area contributed by atoms with Crippen LogP contribution in [0.15, 0.2) is 57.0 Å². The molecular formula is C23H26BrN3O4S2. The lowest BCUT2D eigenvalue weighted by atomic mass is 10.2. The van der Waals surface area contributed by atoms with Gasteiger partial charge in [0.25, 0.3) is 0 Å². The summed E-state index contributed by atoms with van der Waals surface area (Å²) in [6.07, 6.45) is 4.37. The van der Waals surface area contributed by atoms with Crippen LogP contribution in [0, 0.1) is 0 Å². The Hall–Kier alpha value is -1.88. The van der Waals surface area contributed by atoms with Gasteiger partial charge in [0.15, 0.2) is 0 Å². The highest BCUT2D eigenvalue weighted by molar-refractivity contribution is 9.10. The van der Waals surface area contributed by atoms with Gasteiger partial charge in [-0.1, -0.05) is 0 Å². The molecule has 0 amide bonds. The SMILES string of the molecule is CC(C)Oc1ccc(S(=O)(=O)N2CCC(Sc3cn(CC=O)c4nc(Br)ccc34)CC2)cc1. The second kappa shape index (κ2) is 10.2. The first kappa shape index (κ1) is 24.3. The zero-order valence-corrected chi connectivity index (χ0v) is 21.7. The van der Waals surface area contributed by atoms with E-state index in [9.17, 15) is 13.2 Å². The Morgan fingerprint density at radius 1 is 1.18 bits per heavy atom. The summed E-state index contributed by atoms with van der Waals surface area (Å²) in [6, 6.07) is 10.5. The molecule has 4 rings (SSSR count). The maximum absolute atomic E-state index is 13.1. The standard InChI is InChI=1S/C23H26BrN3O4S2/c1-16(2)31-17-3-5-19(6-4-17)33(29,30)27-11-9-18(10-12-27)32-21-15-26(13-14-28)23-20(21)7-8-22(24)25-23/h3-8,14-16,18H,9-13H2,1-2H3. The largest absolute Gasteiger partial charge is 0.491 e. The number of sulfonamides is 1. The number of piperidine rings is 1. The number of aromatic nitrogens is 2. The second-order valence-electron chi connectivity index (χ2n) is 8.18. The number of hydrogen-bond donors (Lipinski definition) is 0. The van der Waals surface area contributed by atoms with Gasteiger partial charge in [-0.15, -0.1) is 11.8 Å². The lowest BCUT2D eigenvalue weighted by molar-refractivity contribution is -0.108. The molecule has 33 heavy (non-hydrogen) atoms. The van der Waals surface area contributed by atoms with E-state index in [1.165, 1.54) is 0 Å². The summed E-state index contributed by atoms with van der Waals surface area (Å²) >= 11 is 5.13. The van der Waals surface area contributed by atoms with Crippen LogP contribution in [0.1, 0.15) is 26.7 Å². The molecule has 0 aliphatic carbocycles. The van der Waals surface area contributed by atoms with Crippen molar-refractivity contribution in [1.29, 1.82) is 0 Å². The van der Waals surface area contributed by atoms with E-state index < -0.39 is 10.0 Å². The van der Waals surface area contributed by atoms with E-state index in [4.69, 9.17) is 4.74 Å². The first-order valence-electron chi connectivity index (χ1n) is 10.8. The number of pyridine rings is 1. The van der Waals surface area contributed by atoms with Gasteiger partial charge in [0.05, 0.1) is 17.5 Å². The van der Waals surface area contributed by atoms with Crippen LogP contribution in [0.3, 0.4) is 0 Å². The molecule has 0 bridgehead atoms. The van der Waals surface area contributed by atoms with Crippen LogP contribution in [0.25, 0.3) is 11.0 Å². The molecule has 0 radical (unpaired) electrons. The molecule has 0 unspecified atom stereocenters. The summed E-state index contributed by atoms with van der Waals surface area (Å²) in [7, 11) is -3.54. The van der Waals surface area contributed by atoms with Gasteiger partial charge in [0, 0.05) is 34.8 Å². The summed E-state index contributed by atoms with van der Waals surface area (Å²) < 4.78 is 35.9. The van der Waals surface area contributed by atoms with Gasteiger partial charge in [-0.05, 0) is 79.0 Å². The molecule has 3 aromatic rings. The van der Waals surface area contributed by atoms with E-state index in [1.807, 2.05) is 36.7 Å². The fourth-order valence-corrected chi connectivity index (χ4v) is 6.95. The normalized spacial score (nSPS) is 15.9. The van der Waals surface area contributed by atoms with E-state index in [-0.39, 0.29) is 17.9 Å². The number of fused-ring (bicyclic) bond motifs is 1. The molecule has 2 aromatic heterocycles. The molecule has 0 spiro atoms. The van der Waals surface area contributed by atoms with Crippen molar-refractivity contribution in [3.05, 3.63) is 47.2 Å². The number of carbonyl (C=O) groups is 1. The summed E-state index contributed by atoms with van der Waals surface area (Å²) in [5.41, 5.74) is 0.767. The average Bonchev–Trinajstić information content (AvgIpc) is 3.10. The first-order chi connectivity index (χ1) is 15.8. The molecule has 0 saturated carbocycles. The maximum atomic E-state index is 13.1. The van der Waals surface area contributed by atoms with E-state index in [2.05, 4.69) is 20.9 Å². The highest BCUT2D eigenvalue weighted by Crippen LogP contribution is 2.37. The predicted octanol–water partition coefficient (Wildman–Crippen LogP) is 4.73. The van der Waals surface area contributed by atoms with Crippen LogP contribution in [0.4, 0.5) is 0 Å². The van der Waals surface area contributed by atoms with Gasteiger partial charge >= 0.3 is 0 Å². The zero-order valence-electron chi connectivity index (χ0n) is 18.5. The Balaban J connectivity index is 1.43. The Kier molecular flexibility index (Phi) is 7.47. The number of hydrogen-bond acceptors (Lipinski definition) is 6. The minimum absolute atomic E-state index is 0.0359. The Morgan fingerprint density at radius 2 is 1.88 bits per heavy atom. The number of ether oxygens (including phenoxy) is 1. The van der Waals surface area contributed by atoms with Crippen LogP contribution < -0.4 is 4.74 Å². The molecule has 1 fully saturated rings. The van der Waals surface area contributed by atoms with Crippen LogP contribution in [-0.2, 0) is 21.4 Å². The molecule has 0 atom stereocenters. The smallest absolute Gasteiger partial charge is 0.243 e. The van der Waals surface area contributed by atoms with Crippen molar-refractivity contribution in [3.8, 4) is 5.75 Å². The van der Waals surface area contributed by atoms with Crippen molar-refractivity contribution in [1.82, 2.24) is 13.9 Å². The van der Waals surface area contributed by atoms with E-state index in [0.29, 0.717) is 23.7 Å². The number of rotatable bonds is 8. The van der Waals surface area contributed by atoms with E-state index in [1.54, 1.807) is 40.3 Å². The van der Waals surface area contributed by atoms with Gasteiger partial charge in [-0.2, -0.15) is 4.31 Å². The van der Waals surface area contributed by atoms with Crippen LogP contribution in [0.5, 0.6) is 5.75 Å². The lowest BCUT2D eigenvalue weighted by Crippen LogP contribution is -2.39. The van der Waals surface area contributed by atoms with Crippen molar-refractivity contribution in [3.63, 3.8) is 0 Å². The molecule has 1 saturated heterocycles. The summed E-state index contributed by atoms with van der Waals surface area (Å²) in [5.74, 6) is 0.661. The third-order valence-corrected chi connectivity index (χ3v) is 9.19. The average molecular weight is 553 g/mol. The number of benzene rings is 1. The monoisotopic (exact) mass is 551 g/mol. The van der Waals surface area contributed by atoms with Gasteiger partial charge in [-0.25, -0.2) is 13.4 Å². The molecule has 1 aliphatic rings. The van der Waals surface area contributed by atoms with Crippen molar-refractivity contribution < 1.29 is 17.9 Å². The highest BCUT2D eigenvalue weighted by atomic mass is 79.9. The predicted molar refractivity (Wildman–Crippen MR) is 133 cm³/mol. The second-order valence-corrected chi connectivity index (χ2v) is 12.3. The number of thioether (sulfide) groups is 1.